The zero-order chi connectivity index (χ0) is 27.0. The maximum Gasteiger partial charge on any atom is 0.201 e. The topological polar surface area (TPSA) is 106 Å². The van der Waals surface area contributed by atoms with Crippen molar-refractivity contribution in [2.75, 3.05) is 16.5 Å². The second-order valence-corrected chi connectivity index (χ2v) is 12.1. The molecule has 3 aromatic heterocycles. The Hall–Kier alpha value is -3.12. The molecule has 0 saturated carbocycles. The summed E-state index contributed by atoms with van der Waals surface area (Å²) in [5, 5.41) is 15.6. The fourth-order valence-electron chi connectivity index (χ4n) is 4.07. The van der Waals surface area contributed by atoms with Gasteiger partial charge in [-0.25, -0.2) is 13.4 Å². The van der Waals surface area contributed by atoms with Crippen molar-refractivity contribution in [2.45, 2.75) is 18.4 Å². The Morgan fingerprint density at radius 3 is 2.58 bits per heavy atom. The maximum atomic E-state index is 12.9. The molecule has 2 aromatic carbocycles. The minimum atomic E-state index is -3.70. The van der Waals surface area contributed by atoms with E-state index < -0.39 is 9.84 Å². The van der Waals surface area contributed by atoms with Gasteiger partial charge in [0.15, 0.2) is 5.65 Å². The van der Waals surface area contributed by atoms with Gasteiger partial charge in [-0.2, -0.15) is 14.7 Å². The number of anilines is 2. The number of fused-ring (bicyclic) bond motifs is 1. The highest BCUT2D eigenvalue weighted by atomic mass is 79.9. The Morgan fingerprint density at radius 1 is 1.05 bits per heavy atom. The van der Waals surface area contributed by atoms with E-state index in [-0.39, 0.29) is 15.9 Å². The van der Waals surface area contributed by atoms with Crippen molar-refractivity contribution in [3.63, 3.8) is 0 Å². The van der Waals surface area contributed by atoms with Gasteiger partial charge in [-0.05, 0) is 46.6 Å². The Balaban J connectivity index is 1.36. The van der Waals surface area contributed by atoms with Crippen molar-refractivity contribution >= 4 is 66.1 Å². The van der Waals surface area contributed by atoms with E-state index in [2.05, 4.69) is 36.8 Å². The van der Waals surface area contributed by atoms with Crippen molar-refractivity contribution in [3.05, 3.63) is 86.7 Å². The Labute approximate surface area is 237 Å². The largest absolute Gasteiger partial charge is 0.371 e. The van der Waals surface area contributed by atoms with Gasteiger partial charge in [0.05, 0.1) is 22.1 Å². The molecule has 0 saturated heterocycles. The van der Waals surface area contributed by atoms with Gasteiger partial charge in [0.25, 0.3) is 0 Å². The predicted molar refractivity (Wildman–Crippen MR) is 154 cm³/mol. The molecule has 13 heteroatoms. The Kier molecular flexibility index (Phi) is 7.36. The highest BCUT2D eigenvalue weighted by molar-refractivity contribution is 9.10. The summed E-state index contributed by atoms with van der Waals surface area (Å²) in [6, 6.07) is 16.9. The summed E-state index contributed by atoms with van der Waals surface area (Å²) in [6.07, 6.45) is 1.69. The molecule has 0 fully saturated rings. The van der Waals surface area contributed by atoms with Crippen molar-refractivity contribution in [1.82, 2.24) is 24.4 Å². The molecule has 0 amide bonds. The molecule has 5 rings (SSSR count). The van der Waals surface area contributed by atoms with Crippen LogP contribution in [0.3, 0.4) is 0 Å². The Bertz CT molecular complexity index is 1770. The van der Waals surface area contributed by atoms with Crippen LogP contribution in [0, 0.1) is 6.92 Å². The first-order valence-electron chi connectivity index (χ1n) is 11.4. The molecule has 0 aliphatic heterocycles. The third-order valence-electron chi connectivity index (χ3n) is 5.86. The van der Waals surface area contributed by atoms with E-state index in [1.807, 2.05) is 54.6 Å². The van der Waals surface area contributed by atoms with Crippen LogP contribution in [0.5, 0.6) is 0 Å². The SMILES string of the molecule is Cc1nn(C)c(Cl)c1S(=O)(=O)CNc1cccc(CNc2cc(-c3ccccc3Cl)nc3c(Br)cnn23)c1. The number of sulfone groups is 1. The first-order valence-corrected chi connectivity index (χ1v) is 14.6. The van der Waals surface area contributed by atoms with Crippen LogP contribution in [0.1, 0.15) is 11.3 Å². The van der Waals surface area contributed by atoms with Crippen molar-refractivity contribution in [1.29, 1.82) is 0 Å². The number of hydrogen-bond acceptors (Lipinski definition) is 7. The summed E-state index contributed by atoms with van der Waals surface area (Å²) >= 11 is 16.1. The molecule has 0 aliphatic rings. The third kappa shape index (κ3) is 5.24. The van der Waals surface area contributed by atoms with Crippen molar-refractivity contribution < 1.29 is 8.42 Å². The summed E-state index contributed by atoms with van der Waals surface area (Å²) in [5.74, 6) is 0.405. The molecule has 0 radical (unpaired) electrons. The average Bonchev–Trinajstić information content (AvgIpc) is 3.39. The number of nitrogens with one attached hydrogen (secondary N) is 2. The van der Waals surface area contributed by atoms with Crippen LogP contribution < -0.4 is 10.6 Å². The predicted octanol–water partition coefficient (Wildman–Crippen LogP) is 5.96. The fourth-order valence-corrected chi connectivity index (χ4v) is 6.56. The van der Waals surface area contributed by atoms with E-state index in [1.54, 1.807) is 24.7 Å². The van der Waals surface area contributed by atoms with Gasteiger partial charge in [0.1, 0.15) is 21.7 Å². The highest BCUT2D eigenvalue weighted by Crippen LogP contribution is 2.31. The molecule has 0 atom stereocenters. The molecule has 0 spiro atoms. The molecule has 0 bridgehead atoms. The van der Waals surface area contributed by atoms with Crippen molar-refractivity contribution in [3.8, 4) is 11.3 Å². The minimum Gasteiger partial charge on any atom is -0.371 e. The molecular weight excluding hydrogens is 613 g/mol. The van der Waals surface area contributed by atoms with Crippen LogP contribution in [0.15, 0.2) is 70.2 Å². The van der Waals surface area contributed by atoms with Gasteiger partial charge in [-0.3, -0.25) is 4.68 Å². The van der Waals surface area contributed by atoms with E-state index in [1.165, 1.54) is 4.68 Å². The quantitative estimate of drug-likeness (QED) is 0.217. The first-order chi connectivity index (χ1) is 18.1. The number of aromatic nitrogens is 5. The fraction of sp³-hybridized carbons (Fsp3) is 0.160. The van der Waals surface area contributed by atoms with E-state index in [4.69, 9.17) is 28.2 Å². The zero-order valence-electron chi connectivity index (χ0n) is 20.3. The van der Waals surface area contributed by atoms with Gasteiger partial charge in [-0.1, -0.05) is 53.5 Å². The number of aryl methyl sites for hydroxylation is 2. The molecule has 38 heavy (non-hydrogen) atoms. The number of rotatable bonds is 8. The average molecular weight is 635 g/mol. The van der Waals surface area contributed by atoms with Gasteiger partial charge in [0.2, 0.25) is 9.84 Å². The number of benzene rings is 2. The van der Waals surface area contributed by atoms with Crippen LogP contribution >= 0.6 is 39.1 Å². The third-order valence-corrected chi connectivity index (χ3v) is 8.93. The smallest absolute Gasteiger partial charge is 0.201 e. The van der Waals surface area contributed by atoms with E-state index >= 15 is 0 Å². The molecular formula is C25H22BrCl2N7O2S. The number of nitrogens with zero attached hydrogens (tertiary/aromatic N) is 5. The second-order valence-electron chi connectivity index (χ2n) is 8.55. The van der Waals surface area contributed by atoms with Gasteiger partial charge >= 0.3 is 0 Å². The summed E-state index contributed by atoms with van der Waals surface area (Å²) in [7, 11) is -2.09. The lowest BCUT2D eigenvalue weighted by Gasteiger charge is -2.13. The number of hydrogen-bond donors (Lipinski definition) is 2. The summed E-state index contributed by atoms with van der Waals surface area (Å²) in [4.78, 5) is 4.76. The molecule has 0 aliphatic carbocycles. The highest BCUT2D eigenvalue weighted by Gasteiger charge is 2.25. The van der Waals surface area contributed by atoms with E-state index in [9.17, 15) is 8.42 Å². The zero-order valence-corrected chi connectivity index (χ0v) is 24.2. The lowest BCUT2D eigenvalue weighted by atomic mass is 10.1. The van der Waals surface area contributed by atoms with Crippen LogP contribution in [0.4, 0.5) is 11.5 Å². The minimum absolute atomic E-state index is 0.0356. The maximum absolute atomic E-state index is 12.9. The normalized spacial score (nSPS) is 11.7. The lowest BCUT2D eigenvalue weighted by Crippen LogP contribution is -2.16. The van der Waals surface area contributed by atoms with Gasteiger partial charge in [-0.15, -0.1) is 0 Å². The summed E-state index contributed by atoms with van der Waals surface area (Å²) in [5.41, 5.74) is 4.11. The summed E-state index contributed by atoms with van der Waals surface area (Å²) < 4.78 is 29.6. The van der Waals surface area contributed by atoms with Crippen LogP contribution in [-0.2, 0) is 23.4 Å². The van der Waals surface area contributed by atoms with Gasteiger partial charge in [0, 0.05) is 35.9 Å². The number of halogens is 3. The Morgan fingerprint density at radius 2 is 1.84 bits per heavy atom. The molecule has 5 aromatic rings. The van der Waals surface area contributed by atoms with Crippen LogP contribution in [0.2, 0.25) is 10.2 Å². The lowest BCUT2D eigenvalue weighted by molar-refractivity contribution is 0.597. The molecule has 0 unspecified atom stereocenters. The van der Waals surface area contributed by atoms with Crippen LogP contribution in [0.25, 0.3) is 16.9 Å². The molecule has 2 N–H and O–H groups in total. The standard InChI is InChI=1S/C25H22BrCl2N7O2S/c1-15-23(24(28)34(2)33-15)38(36,37)14-30-17-7-5-6-16(10-17)12-29-22-11-21(18-8-3-4-9-20(18)27)32-25-19(26)13-31-35(22)25/h3-11,13,29-30H,12,14H2,1-2H3. The van der Waals surface area contributed by atoms with E-state index in [0.717, 1.165) is 21.4 Å². The molecule has 3 heterocycles. The monoisotopic (exact) mass is 633 g/mol. The van der Waals surface area contributed by atoms with Gasteiger partial charge < -0.3 is 10.6 Å². The first kappa shape index (κ1) is 26.5. The van der Waals surface area contributed by atoms with Crippen LogP contribution in [-0.4, -0.2) is 38.7 Å². The van der Waals surface area contributed by atoms with E-state index in [0.29, 0.717) is 34.3 Å². The second kappa shape index (κ2) is 10.6. The van der Waals surface area contributed by atoms with Crippen molar-refractivity contribution in [2.24, 2.45) is 7.05 Å². The molecule has 196 valence electrons. The summed E-state index contributed by atoms with van der Waals surface area (Å²) in [6.45, 7) is 2.07. The molecule has 9 nitrogen and oxygen atoms in total.